The van der Waals surface area contributed by atoms with Crippen LogP contribution in [0.4, 0.5) is 0 Å². The maximum absolute atomic E-state index is 4.73. The molecule has 0 fully saturated rings. The number of fused-ring (bicyclic) bond motifs is 2. The Balaban J connectivity index is 2.05. The number of hydrogen-bond donors (Lipinski definition) is 0. The molecular weight excluding hydrogens is 252 g/mol. The zero-order valence-electron chi connectivity index (χ0n) is 10.7. The van der Waals surface area contributed by atoms with Gasteiger partial charge >= 0.3 is 0 Å². The lowest BCUT2D eigenvalue weighted by molar-refractivity contribution is 0.315. The first-order chi connectivity index (χ1) is 9.81. The van der Waals surface area contributed by atoms with E-state index in [1.54, 1.807) is 6.20 Å². The van der Waals surface area contributed by atoms with Gasteiger partial charge in [0.2, 0.25) is 0 Å². The molecule has 0 radical (unpaired) electrons. The molecule has 0 unspecified atom stereocenters. The maximum atomic E-state index is 4.73. The minimum absolute atomic E-state index is 0.717. The van der Waals surface area contributed by atoms with Crippen LogP contribution in [-0.2, 0) is 0 Å². The van der Waals surface area contributed by atoms with Crippen molar-refractivity contribution in [1.82, 2.24) is 20.3 Å². The Bertz CT molecular complexity index is 929. The highest BCUT2D eigenvalue weighted by Gasteiger charge is 2.10. The van der Waals surface area contributed by atoms with E-state index in [-0.39, 0.29) is 0 Å². The fourth-order valence-corrected chi connectivity index (χ4v) is 2.35. The Morgan fingerprint density at radius 2 is 1.90 bits per heavy atom. The number of benzene rings is 1. The second-order valence-electron chi connectivity index (χ2n) is 4.66. The predicted octanol–water partition coefficient (Wildman–Crippen LogP) is 3.14. The lowest BCUT2D eigenvalue weighted by atomic mass is 10.1. The van der Waals surface area contributed by atoms with Gasteiger partial charge in [0.1, 0.15) is 11.0 Å². The Hall–Kier alpha value is -2.82. The van der Waals surface area contributed by atoms with Crippen LogP contribution in [0.2, 0.25) is 0 Å². The third kappa shape index (κ3) is 1.64. The average molecular weight is 262 g/mol. The summed E-state index contributed by atoms with van der Waals surface area (Å²) in [4.78, 5) is 9.07. The van der Waals surface area contributed by atoms with Gasteiger partial charge in [0, 0.05) is 22.8 Å². The van der Waals surface area contributed by atoms with Crippen molar-refractivity contribution in [2.24, 2.45) is 0 Å². The number of hydrogen-bond acceptors (Lipinski definition) is 5. The quantitative estimate of drug-likeness (QED) is 0.527. The molecule has 3 aromatic heterocycles. The summed E-state index contributed by atoms with van der Waals surface area (Å²) in [6.45, 7) is 1.98. The minimum atomic E-state index is 0.717. The number of aromatic nitrogens is 4. The molecule has 4 rings (SSSR count). The van der Waals surface area contributed by atoms with E-state index in [9.17, 15) is 0 Å². The Labute approximate surface area is 114 Å². The van der Waals surface area contributed by atoms with Crippen LogP contribution in [0.1, 0.15) is 5.69 Å². The zero-order chi connectivity index (χ0) is 13.5. The molecule has 0 aliphatic heterocycles. The summed E-state index contributed by atoms with van der Waals surface area (Å²) in [5, 5.41) is 8.76. The van der Waals surface area contributed by atoms with Gasteiger partial charge in [0.15, 0.2) is 0 Å². The monoisotopic (exact) mass is 262 g/mol. The summed E-state index contributed by atoms with van der Waals surface area (Å²) in [5.74, 6) is 0. The molecule has 96 valence electrons. The van der Waals surface area contributed by atoms with E-state index in [1.807, 2.05) is 43.3 Å². The van der Waals surface area contributed by atoms with Gasteiger partial charge in [0.05, 0.1) is 11.2 Å². The van der Waals surface area contributed by atoms with E-state index < -0.39 is 0 Å². The smallest absolute Gasteiger partial charge is 0.135 e. The van der Waals surface area contributed by atoms with Crippen molar-refractivity contribution in [1.29, 1.82) is 0 Å². The molecule has 0 amide bonds. The van der Waals surface area contributed by atoms with Gasteiger partial charge in [-0.1, -0.05) is 12.1 Å². The molecule has 0 bridgehead atoms. The number of rotatable bonds is 1. The van der Waals surface area contributed by atoms with Gasteiger partial charge in [-0.2, -0.15) is 0 Å². The van der Waals surface area contributed by atoms with Crippen LogP contribution in [0.25, 0.3) is 33.2 Å². The Morgan fingerprint density at radius 3 is 2.85 bits per heavy atom. The first-order valence-corrected chi connectivity index (χ1v) is 6.26. The van der Waals surface area contributed by atoms with Gasteiger partial charge < -0.3 is 0 Å². The summed E-state index contributed by atoms with van der Waals surface area (Å²) >= 11 is 0. The van der Waals surface area contributed by atoms with Crippen LogP contribution in [0.15, 0.2) is 47.2 Å². The molecule has 3 heterocycles. The molecule has 0 aliphatic rings. The topological polar surface area (TPSA) is 64.7 Å². The highest BCUT2D eigenvalue weighted by Crippen LogP contribution is 2.27. The standard InChI is InChI=1S/C15H10N4O/c1-9-7-10-3-2-6-16-14(10)15(17-9)11-4-5-12-13(8-11)19-20-18-12/h2-8H,1H3. The van der Waals surface area contributed by atoms with Crippen LogP contribution >= 0.6 is 0 Å². The molecule has 5 nitrogen and oxygen atoms in total. The fraction of sp³-hybridized carbons (Fsp3) is 0.0667. The van der Waals surface area contributed by atoms with Crippen molar-refractivity contribution in [3.63, 3.8) is 0 Å². The lowest BCUT2D eigenvalue weighted by Gasteiger charge is -2.06. The second kappa shape index (κ2) is 4.09. The highest BCUT2D eigenvalue weighted by molar-refractivity contribution is 5.93. The molecule has 0 N–H and O–H groups in total. The summed E-state index contributed by atoms with van der Waals surface area (Å²) < 4.78 is 4.73. The van der Waals surface area contributed by atoms with E-state index in [4.69, 9.17) is 4.63 Å². The summed E-state index contributed by atoms with van der Waals surface area (Å²) in [5.41, 5.74) is 5.10. The van der Waals surface area contributed by atoms with Crippen LogP contribution in [0, 0.1) is 6.92 Å². The molecule has 5 heteroatoms. The van der Waals surface area contributed by atoms with Gasteiger partial charge in [-0.05, 0) is 41.5 Å². The molecule has 0 saturated carbocycles. The SMILES string of the molecule is Cc1cc2cccnc2c(-c2ccc3nonc3c2)n1. The fourth-order valence-electron chi connectivity index (χ4n) is 2.35. The average Bonchev–Trinajstić information content (AvgIpc) is 2.93. The number of aryl methyl sites for hydroxylation is 1. The van der Waals surface area contributed by atoms with Gasteiger partial charge in [-0.3, -0.25) is 9.97 Å². The number of nitrogens with zero attached hydrogens (tertiary/aromatic N) is 4. The van der Waals surface area contributed by atoms with Gasteiger partial charge in [0.25, 0.3) is 0 Å². The molecular formula is C15H10N4O. The van der Waals surface area contributed by atoms with Crippen LogP contribution in [0.3, 0.4) is 0 Å². The van der Waals surface area contributed by atoms with Gasteiger partial charge in [-0.15, -0.1) is 0 Å². The lowest BCUT2D eigenvalue weighted by Crippen LogP contribution is -1.92. The molecule has 0 aliphatic carbocycles. The first-order valence-electron chi connectivity index (χ1n) is 6.26. The molecule has 0 atom stereocenters. The van der Waals surface area contributed by atoms with E-state index >= 15 is 0 Å². The summed E-state index contributed by atoms with van der Waals surface area (Å²) in [7, 11) is 0. The molecule has 0 spiro atoms. The minimum Gasteiger partial charge on any atom is -0.254 e. The van der Waals surface area contributed by atoms with E-state index in [1.165, 1.54) is 0 Å². The normalized spacial score (nSPS) is 11.2. The Kier molecular flexibility index (Phi) is 2.26. The number of pyridine rings is 2. The van der Waals surface area contributed by atoms with Crippen LogP contribution < -0.4 is 0 Å². The van der Waals surface area contributed by atoms with Crippen molar-refractivity contribution in [3.8, 4) is 11.3 Å². The Morgan fingerprint density at radius 1 is 1.00 bits per heavy atom. The molecule has 1 aromatic carbocycles. The van der Waals surface area contributed by atoms with E-state index in [0.29, 0.717) is 0 Å². The molecule has 4 aromatic rings. The van der Waals surface area contributed by atoms with Gasteiger partial charge in [-0.25, -0.2) is 4.63 Å². The predicted molar refractivity (Wildman–Crippen MR) is 75.1 cm³/mol. The largest absolute Gasteiger partial charge is 0.254 e. The van der Waals surface area contributed by atoms with Crippen molar-refractivity contribution in [3.05, 3.63) is 48.3 Å². The second-order valence-corrected chi connectivity index (χ2v) is 4.66. The van der Waals surface area contributed by atoms with Crippen molar-refractivity contribution >= 4 is 21.9 Å². The molecule has 0 saturated heterocycles. The summed E-state index contributed by atoms with van der Waals surface area (Å²) in [6, 6.07) is 11.7. The van der Waals surface area contributed by atoms with Crippen molar-refractivity contribution < 1.29 is 4.63 Å². The maximum Gasteiger partial charge on any atom is 0.135 e. The molecule has 20 heavy (non-hydrogen) atoms. The zero-order valence-corrected chi connectivity index (χ0v) is 10.7. The van der Waals surface area contributed by atoms with Crippen LogP contribution in [-0.4, -0.2) is 20.3 Å². The van der Waals surface area contributed by atoms with Crippen molar-refractivity contribution in [2.45, 2.75) is 6.92 Å². The third-order valence-electron chi connectivity index (χ3n) is 3.24. The van der Waals surface area contributed by atoms with Crippen LogP contribution in [0.5, 0.6) is 0 Å². The van der Waals surface area contributed by atoms with Crippen molar-refractivity contribution in [2.75, 3.05) is 0 Å². The van der Waals surface area contributed by atoms with E-state index in [0.717, 1.165) is 38.9 Å². The first kappa shape index (κ1) is 11.0. The summed E-state index contributed by atoms with van der Waals surface area (Å²) in [6.07, 6.45) is 1.78. The highest BCUT2D eigenvalue weighted by atomic mass is 16.6. The third-order valence-corrected chi connectivity index (χ3v) is 3.24. The van der Waals surface area contributed by atoms with E-state index in [2.05, 4.69) is 20.3 Å².